The second-order valence-electron chi connectivity index (χ2n) is 7.36. The number of halogens is 2. The summed E-state index contributed by atoms with van der Waals surface area (Å²) in [6.45, 7) is 6.13. The van der Waals surface area contributed by atoms with E-state index in [2.05, 4.69) is 15.6 Å². The van der Waals surface area contributed by atoms with E-state index in [1.54, 1.807) is 13.8 Å². The third-order valence-corrected chi connectivity index (χ3v) is 4.76. The molecule has 0 fully saturated rings. The number of hydrogen-bond acceptors (Lipinski definition) is 3. The fourth-order valence-electron chi connectivity index (χ4n) is 3.27. The van der Waals surface area contributed by atoms with Crippen LogP contribution in [-0.4, -0.2) is 27.4 Å². The van der Waals surface area contributed by atoms with E-state index in [1.165, 1.54) is 6.07 Å². The number of rotatable bonds is 7. The van der Waals surface area contributed by atoms with Crippen LogP contribution in [0.3, 0.4) is 0 Å². The summed E-state index contributed by atoms with van der Waals surface area (Å²) in [6, 6.07) is 9.67. The number of anilines is 1. The predicted octanol–water partition coefficient (Wildman–Crippen LogP) is 4.12. The largest absolute Gasteiger partial charge is 0.340 e. The highest BCUT2D eigenvalue weighted by Crippen LogP contribution is 2.21. The monoisotopic (exact) mass is 414 g/mol. The van der Waals surface area contributed by atoms with Gasteiger partial charge in [0.25, 0.3) is 5.91 Å². The minimum atomic E-state index is -1.01. The molecule has 2 N–H and O–H groups in total. The van der Waals surface area contributed by atoms with E-state index in [1.807, 2.05) is 35.8 Å². The third-order valence-electron chi connectivity index (χ3n) is 4.76. The Morgan fingerprint density at radius 1 is 1.07 bits per heavy atom. The Labute approximate surface area is 173 Å². The summed E-state index contributed by atoms with van der Waals surface area (Å²) in [5, 5.41) is 5.21. The van der Waals surface area contributed by atoms with Crippen molar-refractivity contribution in [3.63, 3.8) is 0 Å². The van der Waals surface area contributed by atoms with Gasteiger partial charge in [-0.05, 0) is 36.6 Å². The quantitative estimate of drug-likeness (QED) is 0.611. The van der Waals surface area contributed by atoms with E-state index in [0.29, 0.717) is 12.5 Å². The molecule has 0 saturated heterocycles. The van der Waals surface area contributed by atoms with Gasteiger partial charge in [0.15, 0.2) is 0 Å². The molecule has 30 heavy (non-hydrogen) atoms. The number of carbonyl (C=O) groups is 2. The van der Waals surface area contributed by atoms with Crippen molar-refractivity contribution in [1.82, 2.24) is 14.9 Å². The average molecular weight is 414 g/mol. The minimum Gasteiger partial charge on any atom is -0.340 e. The van der Waals surface area contributed by atoms with Crippen molar-refractivity contribution in [2.75, 3.05) is 5.32 Å². The van der Waals surface area contributed by atoms with Gasteiger partial charge in [-0.2, -0.15) is 0 Å². The maximum absolute atomic E-state index is 13.9. The smallest absolute Gasteiger partial charge is 0.257 e. The molecule has 158 valence electrons. The first-order valence-corrected chi connectivity index (χ1v) is 9.84. The summed E-state index contributed by atoms with van der Waals surface area (Å²) in [4.78, 5) is 29.9. The number of carbonyl (C=O) groups excluding carboxylic acids is 2. The number of amides is 2. The van der Waals surface area contributed by atoms with Gasteiger partial charge in [-0.1, -0.05) is 39.0 Å². The molecule has 8 heteroatoms. The van der Waals surface area contributed by atoms with Crippen molar-refractivity contribution < 1.29 is 18.4 Å². The van der Waals surface area contributed by atoms with Crippen LogP contribution in [0, 0.1) is 17.6 Å². The molecule has 2 aromatic carbocycles. The molecule has 2 amide bonds. The van der Waals surface area contributed by atoms with Gasteiger partial charge < -0.3 is 9.88 Å². The highest BCUT2D eigenvalue weighted by Gasteiger charge is 2.28. The van der Waals surface area contributed by atoms with Gasteiger partial charge in [-0.15, -0.1) is 0 Å². The normalized spacial score (nSPS) is 12.2. The van der Waals surface area contributed by atoms with Crippen LogP contribution < -0.4 is 10.6 Å². The molecule has 1 heterocycles. The summed E-state index contributed by atoms with van der Waals surface area (Å²) < 4.78 is 29.8. The number of aryl methyl sites for hydroxylation is 1. The second-order valence-corrected chi connectivity index (χ2v) is 7.36. The van der Waals surface area contributed by atoms with Crippen LogP contribution in [0.15, 0.2) is 42.5 Å². The van der Waals surface area contributed by atoms with Crippen molar-refractivity contribution in [1.29, 1.82) is 0 Å². The molecule has 0 saturated carbocycles. The van der Waals surface area contributed by atoms with Crippen LogP contribution in [0.5, 0.6) is 0 Å². The molecule has 6 nitrogen and oxygen atoms in total. The lowest BCUT2D eigenvalue weighted by Gasteiger charge is -2.22. The lowest BCUT2D eigenvalue weighted by Crippen LogP contribution is -2.47. The number of nitrogens with zero attached hydrogens (tertiary/aromatic N) is 2. The number of nitrogens with one attached hydrogen (secondary N) is 2. The summed E-state index contributed by atoms with van der Waals surface area (Å²) >= 11 is 0. The fourth-order valence-corrected chi connectivity index (χ4v) is 3.27. The summed E-state index contributed by atoms with van der Waals surface area (Å²) in [7, 11) is 0. The van der Waals surface area contributed by atoms with Gasteiger partial charge in [0.05, 0.1) is 11.0 Å². The lowest BCUT2D eigenvalue weighted by atomic mass is 10.0. The van der Waals surface area contributed by atoms with Gasteiger partial charge in [0.1, 0.15) is 23.2 Å². The molecule has 3 aromatic rings. The van der Waals surface area contributed by atoms with Crippen LogP contribution in [0.25, 0.3) is 11.0 Å². The topological polar surface area (TPSA) is 76.0 Å². The van der Waals surface area contributed by atoms with E-state index in [4.69, 9.17) is 0 Å². The number of aromatic nitrogens is 2. The second kappa shape index (κ2) is 9.02. The zero-order chi connectivity index (χ0) is 21.8. The fraction of sp³-hybridized carbons (Fsp3) is 0.318. The van der Waals surface area contributed by atoms with Gasteiger partial charge >= 0.3 is 0 Å². The molecule has 0 aliphatic carbocycles. The Balaban J connectivity index is 1.86. The summed E-state index contributed by atoms with van der Waals surface area (Å²) in [6.07, 6.45) is 0.833. The van der Waals surface area contributed by atoms with Crippen LogP contribution in [0.4, 0.5) is 14.7 Å². The number of fused-ring (bicyclic) bond motifs is 1. The molecule has 0 bridgehead atoms. The molecule has 0 unspecified atom stereocenters. The summed E-state index contributed by atoms with van der Waals surface area (Å²) in [5.74, 6) is -3.43. The van der Waals surface area contributed by atoms with Crippen LogP contribution in [-0.2, 0) is 11.3 Å². The van der Waals surface area contributed by atoms with Crippen molar-refractivity contribution in [3.8, 4) is 0 Å². The van der Waals surface area contributed by atoms with Gasteiger partial charge in [-0.3, -0.25) is 14.9 Å². The third kappa shape index (κ3) is 4.32. The van der Waals surface area contributed by atoms with Crippen molar-refractivity contribution in [2.45, 2.75) is 39.8 Å². The summed E-state index contributed by atoms with van der Waals surface area (Å²) in [5.41, 5.74) is 0.905. The lowest BCUT2D eigenvalue weighted by molar-refractivity contribution is -0.119. The molecule has 1 atom stereocenters. The van der Waals surface area contributed by atoms with E-state index in [9.17, 15) is 18.4 Å². The highest BCUT2D eigenvalue weighted by atomic mass is 19.1. The Kier molecular flexibility index (Phi) is 6.44. The van der Waals surface area contributed by atoms with Crippen molar-refractivity contribution >= 4 is 28.8 Å². The van der Waals surface area contributed by atoms with Gasteiger partial charge in [-0.25, -0.2) is 13.8 Å². The first-order valence-electron chi connectivity index (χ1n) is 9.84. The molecule has 0 radical (unpaired) electrons. The number of hydrogen-bond donors (Lipinski definition) is 2. The molecule has 0 spiro atoms. The van der Waals surface area contributed by atoms with Crippen LogP contribution >= 0.6 is 0 Å². The molecule has 0 aliphatic rings. The Bertz CT molecular complexity index is 1060. The first-order chi connectivity index (χ1) is 14.3. The predicted molar refractivity (Wildman–Crippen MR) is 111 cm³/mol. The maximum atomic E-state index is 13.9. The molecule has 3 rings (SSSR count). The van der Waals surface area contributed by atoms with E-state index < -0.39 is 35.1 Å². The SMILES string of the molecule is CCCn1c(NC(=O)[C@@H](NC(=O)c2c(F)cccc2F)C(C)C)nc2ccccc21. The number of benzene rings is 2. The standard InChI is InChI=1S/C22H24F2N4O2/c1-4-12-28-17-11-6-5-10-16(17)25-22(28)27-21(30)19(13(2)3)26-20(29)18-14(23)8-7-9-15(18)24/h5-11,13,19H,4,12H2,1-3H3,(H,26,29)(H,25,27,30)/t19-/m0/s1. The Hall–Kier alpha value is -3.29. The Morgan fingerprint density at radius 2 is 1.73 bits per heavy atom. The van der Waals surface area contributed by atoms with E-state index in [0.717, 1.165) is 29.6 Å². The van der Waals surface area contributed by atoms with Crippen molar-refractivity contribution in [3.05, 3.63) is 59.7 Å². The first kappa shape index (κ1) is 21.4. The van der Waals surface area contributed by atoms with Crippen LogP contribution in [0.2, 0.25) is 0 Å². The Morgan fingerprint density at radius 3 is 2.37 bits per heavy atom. The van der Waals surface area contributed by atoms with Gasteiger partial charge in [0.2, 0.25) is 11.9 Å². The molecular weight excluding hydrogens is 390 g/mol. The average Bonchev–Trinajstić information content (AvgIpc) is 3.03. The molecular formula is C22H24F2N4O2. The van der Waals surface area contributed by atoms with Crippen molar-refractivity contribution in [2.24, 2.45) is 5.92 Å². The zero-order valence-electron chi connectivity index (χ0n) is 17.1. The van der Waals surface area contributed by atoms with Gasteiger partial charge in [0, 0.05) is 6.54 Å². The number of para-hydroxylation sites is 2. The highest BCUT2D eigenvalue weighted by molar-refractivity contribution is 6.01. The zero-order valence-corrected chi connectivity index (χ0v) is 17.1. The van der Waals surface area contributed by atoms with E-state index >= 15 is 0 Å². The number of imidazole rings is 1. The van der Waals surface area contributed by atoms with E-state index in [-0.39, 0.29) is 5.92 Å². The molecule has 1 aromatic heterocycles. The van der Waals surface area contributed by atoms with Crippen LogP contribution in [0.1, 0.15) is 37.6 Å². The minimum absolute atomic E-state index is 0.326. The maximum Gasteiger partial charge on any atom is 0.257 e. The molecule has 0 aliphatic heterocycles.